The third-order valence-corrected chi connectivity index (χ3v) is 6.28. The molecule has 38 heavy (non-hydrogen) atoms. The van der Waals surface area contributed by atoms with Crippen molar-refractivity contribution in [2.45, 2.75) is 19.9 Å². The van der Waals surface area contributed by atoms with Crippen molar-refractivity contribution in [3.8, 4) is 11.3 Å². The largest absolute Gasteiger partial charge is 0.494 e. The molecule has 0 fully saturated rings. The van der Waals surface area contributed by atoms with Gasteiger partial charge in [-0.05, 0) is 37.1 Å². The Labute approximate surface area is 235 Å². The zero-order valence-electron chi connectivity index (χ0n) is 21.1. The molecule has 4 nitrogen and oxygen atoms in total. The third-order valence-electron chi connectivity index (χ3n) is 6.28. The number of pyridine rings is 1. The minimum absolute atomic E-state index is 0. The van der Waals surface area contributed by atoms with Crippen LogP contribution in [0.25, 0.3) is 33.2 Å². The summed E-state index contributed by atoms with van der Waals surface area (Å²) in [7, 11) is 0. The van der Waals surface area contributed by atoms with Gasteiger partial charge < -0.3 is 9.40 Å². The first-order chi connectivity index (χ1) is 18.2. The number of rotatable bonds is 3. The number of hydrogen-bond donors (Lipinski definition) is 0. The van der Waals surface area contributed by atoms with E-state index in [0.717, 1.165) is 50.3 Å². The molecule has 7 rings (SSSR count). The molecule has 4 aromatic carbocycles. The maximum absolute atomic E-state index is 5.99. The summed E-state index contributed by atoms with van der Waals surface area (Å²) in [5.74, 6) is 0. The van der Waals surface area contributed by atoms with Crippen molar-refractivity contribution in [1.29, 1.82) is 0 Å². The van der Waals surface area contributed by atoms with E-state index in [1.807, 2.05) is 60.7 Å². The van der Waals surface area contributed by atoms with Crippen LogP contribution >= 0.6 is 0 Å². The number of furan rings is 1. The Bertz CT molecular complexity index is 1750. The maximum atomic E-state index is 5.99. The van der Waals surface area contributed by atoms with Gasteiger partial charge in [0.25, 0.3) is 11.4 Å². The standard InChI is InChI=1S/C22H17N2O.C11H8N.Ir/c1-15(2)23-14-24(20-9-5-4-8-19(20)23)16-11-12-18-17-7-3-6-10-21(17)25-22(18)13-16;1-2-6-10(7-3-1)11-8-4-5-9-12-11;/h3-12,15H,1-2H3;1-6,8-9H;/q+1;-1;. The summed E-state index contributed by atoms with van der Waals surface area (Å²) in [6.07, 6.45) is 1.79. The van der Waals surface area contributed by atoms with E-state index in [-0.39, 0.29) is 20.1 Å². The quantitative estimate of drug-likeness (QED) is 0.141. The van der Waals surface area contributed by atoms with Crippen molar-refractivity contribution in [2.24, 2.45) is 0 Å². The maximum Gasteiger partial charge on any atom is 0.494 e. The molecular weight excluding hydrogens is 647 g/mol. The topological polar surface area (TPSA) is 32.0 Å². The van der Waals surface area contributed by atoms with E-state index in [1.54, 1.807) is 6.20 Å². The van der Waals surface area contributed by atoms with Gasteiger partial charge >= 0.3 is 6.01 Å². The van der Waals surface area contributed by atoms with Crippen molar-refractivity contribution < 1.29 is 29.1 Å². The van der Waals surface area contributed by atoms with Crippen LogP contribution in [0.2, 0.25) is 0 Å². The Hall–Kier alpha value is -4.14. The number of hydrogen-bond acceptors (Lipinski definition) is 2. The number of benzene rings is 4. The monoisotopic (exact) mass is 672 g/mol. The first kappa shape index (κ1) is 25.5. The van der Waals surface area contributed by atoms with Gasteiger partial charge in [-0.3, -0.25) is 0 Å². The summed E-state index contributed by atoms with van der Waals surface area (Å²) in [4.78, 5) is 4.22. The summed E-state index contributed by atoms with van der Waals surface area (Å²) in [5, 5.41) is 2.21. The molecule has 0 unspecified atom stereocenters. The predicted molar refractivity (Wildman–Crippen MR) is 149 cm³/mol. The Balaban J connectivity index is 0.000000191. The molecule has 5 heteroatoms. The summed E-state index contributed by atoms with van der Waals surface area (Å²) in [5.41, 5.74) is 6.89. The molecule has 2 aromatic heterocycles. The molecule has 0 spiro atoms. The zero-order valence-corrected chi connectivity index (χ0v) is 23.4. The molecule has 0 saturated carbocycles. The van der Waals surface area contributed by atoms with Gasteiger partial charge in [-0.1, -0.05) is 69.1 Å². The van der Waals surface area contributed by atoms with Crippen molar-refractivity contribution in [3.05, 3.63) is 121 Å². The van der Waals surface area contributed by atoms with Crippen LogP contribution in [0.5, 0.6) is 0 Å². The van der Waals surface area contributed by atoms with E-state index in [9.17, 15) is 0 Å². The van der Waals surface area contributed by atoms with Crippen LogP contribution in [0.3, 0.4) is 0 Å². The summed E-state index contributed by atoms with van der Waals surface area (Å²) in [6, 6.07) is 44.7. The van der Waals surface area contributed by atoms with E-state index in [1.165, 1.54) is 0 Å². The fraction of sp³-hybridized carbons (Fsp3) is 0.0909. The predicted octanol–water partition coefficient (Wildman–Crippen LogP) is 8.01. The zero-order chi connectivity index (χ0) is 25.2. The molecule has 3 heterocycles. The second-order valence-electron chi connectivity index (χ2n) is 9.06. The van der Waals surface area contributed by atoms with Gasteiger partial charge in [0, 0.05) is 44.0 Å². The summed E-state index contributed by atoms with van der Waals surface area (Å²) >= 11 is 0. The van der Waals surface area contributed by atoms with Crippen LogP contribution in [-0.2, 0) is 20.1 Å². The van der Waals surface area contributed by atoms with Gasteiger partial charge in [0.15, 0.2) is 6.04 Å². The molecule has 6 aromatic rings. The molecular formula is C33H25IrN3O. The van der Waals surface area contributed by atoms with E-state index in [2.05, 4.69) is 88.6 Å². The molecule has 0 amide bonds. The second-order valence-corrected chi connectivity index (χ2v) is 9.06. The van der Waals surface area contributed by atoms with E-state index in [0.29, 0.717) is 6.04 Å². The number of nitrogens with zero attached hydrogens (tertiary/aromatic N) is 3. The Morgan fingerprint density at radius 2 is 1.55 bits per heavy atom. The van der Waals surface area contributed by atoms with Gasteiger partial charge in [0.2, 0.25) is 0 Å². The van der Waals surface area contributed by atoms with Crippen molar-refractivity contribution >= 4 is 45.0 Å². The second kappa shape index (κ2) is 11.1. The van der Waals surface area contributed by atoms with Gasteiger partial charge in [0.1, 0.15) is 11.3 Å². The fourth-order valence-electron chi connectivity index (χ4n) is 4.50. The third kappa shape index (κ3) is 4.88. The van der Waals surface area contributed by atoms with Gasteiger partial charge in [0.05, 0.1) is 0 Å². The van der Waals surface area contributed by atoms with Crippen LogP contribution in [0.1, 0.15) is 13.8 Å². The first-order valence-electron chi connectivity index (χ1n) is 12.4. The Morgan fingerprint density at radius 3 is 2.32 bits per heavy atom. The molecule has 1 aliphatic rings. The molecule has 0 atom stereocenters. The number of fused-ring (bicyclic) bond motifs is 4. The molecule has 187 valence electrons. The van der Waals surface area contributed by atoms with Gasteiger partial charge in [-0.2, -0.15) is 6.07 Å². The van der Waals surface area contributed by atoms with Gasteiger partial charge in [-0.25, -0.2) is 0 Å². The van der Waals surface area contributed by atoms with Crippen LogP contribution in [0.4, 0.5) is 17.1 Å². The Kier molecular flexibility index (Phi) is 7.44. The SMILES string of the molecule is CC(C)[N+]1=C=[N+](c2[c-]c3oc4ccccc4c3cc2)c2ccccc21.[Ir].[c-]1ccccc1-c1ccccn1. The normalized spacial score (nSPS) is 11.9. The van der Waals surface area contributed by atoms with Gasteiger partial charge in [-0.15, -0.1) is 35.9 Å². The van der Waals surface area contributed by atoms with Crippen LogP contribution in [0, 0.1) is 12.1 Å². The molecule has 0 aliphatic carbocycles. The van der Waals surface area contributed by atoms with Crippen LogP contribution in [0.15, 0.2) is 114 Å². The molecule has 1 radical (unpaired) electrons. The molecule has 0 N–H and O–H groups in total. The molecule has 1 aliphatic heterocycles. The first-order valence-corrected chi connectivity index (χ1v) is 12.4. The van der Waals surface area contributed by atoms with Crippen LogP contribution in [-0.4, -0.2) is 21.6 Å². The number of aromatic nitrogens is 1. The summed E-state index contributed by atoms with van der Waals surface area (Å²) < 4.78 is 10.2. The fourth-order valence-corrected chi connectivity index (χ4v) is 4.50. The Morgan fingerprint density at radius 1 is 0.789 bits per heavy atom. The minimum Gasteiger partial charge on any atom is -0.483 e. The average Bonchev–Trinajstić information content (AvgIpc) is 3.53. The van der Waals surface area contributed by atoms with Crippen molar-refractivity contribution in [3.63, 3.8) is 0 Å². The van der Waals surface area contributed by atoms with E-state index >= 15 is 0 Å². The minimum atomic E-state index is 0. The van der Waals surface area contributed by atoms with E-state index in [4.69, 9.17) is 4.42 Å². The molecule has 0 bridgehead atoms. The summed E-state index contributed by atoms with van der Waals surface area (Å²) in [6.45, 7) is 4.33. The molecule has 0 saturated heterocycles. The average molecular weight is 672 g/mol. The number of para-hydroxylation sites is 3. The van der Waals surface area contributed by atoms with Crippen molar-refractivity contribution in [2.75, 3.05) is 0 Å². The van der Waals surface area contributed by atoms with Crippen LogP contribution < -0.4 is 4.58 Å². The smallest absolute Gasteiger partial charge is 0.483 e. The van der Waals surface area contributed by atoms with Crippen molar-refractivity contribution in [1.82, 2.24) is 9.56 Å². The van der Waals surface area contributed by atoms with E-state index < -0.39 is 0 Å².